The van der Waals surface area contributed by atoms with Crippen molar-refractivity contribution in [3.05, 3.63) is 63.3 Å². The van der Waals surface area contributed by atoms with Crippen LogP contribution in [-0.2, 0) is 33.4 Å². The lowest BCUT2D eigenvalue weighted by Crippen LogP contribution is -3.12. The first-order chi connectivity index (χ1) is 23.2. The van der Waals surface area contributed by atoms with Gasteiger partial charge in [0.2, 0.25) is 12.1 Å². The maximum atomic E-state index is 14.7. The molecule has 1 amide bonds. The molecule has 1 fully saturated rings. The number of carboxylic acids is 1. The second kappa shape index (κ2) is 16.7. The molecule has 268 valence electrons. The number of benzene rings is 2. The number of hydrogen-bond donors (Lipinski definition) is 2. The van der Waals surface area contributed by atoms with Crippen LogP contribution in [0.25, 0.3) is 0 Å². The van der Waals surface area contributed by atoms with Crippen molar-refractivity contribution in [2.45, 2.75) is 71.2 Å². The summed E-state index contributed by atoms with van der Waals surface area (Å²) in [5, 5.41) is 24.0. The number of amides is 1. The molecule has 4 atom stereocenters. The minimum absolute atomic E-state index is 0.0297. The number of aliphatic carboxylic acids is 1. The van der Waals surface area contributed by atoms with Gasteiger partial charge in [-0.05, 0) is 42.5 Å². The van der Waals surface area contributed by atoms with Crippen LogP contribution in [0.4, 0.5) is 0 Å². The number of quaternary nitrogens is 1. The Hall–Kier alpha value is -3.91. The molecule has 2 aliphatic rings. The number of carboxylic acid groups (broad SMARTS) is 1. The Morgan fingerprint density at radius 3 is 2.20 bits per heavy atom. The number of ether oxygens (including phenoxy) is 5. The van der Waals surface area contributed by atoms with Gasteiger partial charge in [-0.3, -0.25) is 19.2 Å². The van der Waals surface area contributed by atoms with Crippen molar-refractivity contribution < 1.29 is 53.0 Å². The average Bonchev–Trinajstić information content (AvgIpc) is 3.16. The predicted molar refractivity (Wildman–Crippen MR) is 177 cm³/mol. The number of rotatable bonds is 13. The van der Waals surface area contributed by atoms with E-state index in [1.165, 1.54) is 28.1 Å². The summed E-state index contributed by atoms with van der Waals surface area (Å²) in [6, 6.07) is 9.54. The van der Waals surface area contributed by atoms with Crippen LogP contribution in [0.5, 0.6) is 11.5 Å². The molecule has 0 saturated carbocycles. The number of halogens is 1. The summed E-state index contributed by atoms with van der Waals surface area (Å²) in [6.07, 6.45) is -1.21. The standard InChI is InChI=1S/C35H45ClN2O11/c1-21(39)47-19-35(3,20-48-22(2)40)18-28-25-10-9-24(36)16-27(25)33(26-7-6-8-29(45-4)34(26)46-5)49-31(38(28)44)17-30(41)37-13-11-23(12-14-37)15-32(42)43/h6-10,16,23,28,31,33,38H,11-15,17-20H2,1-5H3,(H,42,43)/t28?,31-,33-/m1/s1. The highest BCUT2D eigenvalue weighted by atomic mass is 35.5. The van der Waals surface area contributed by atoms with E-state index in [-0.39, 0.29) is 49.4 Å². The van der Waals surface area contributed by atoms with Crippen LogP contribution in [0.3, 0.4) is 0 Å². The number of esters is 2. The van der Waals surface area contributed by atoms with Gasteiger partial charge in [0.15, 0.2) is 11.5 Å². The second-order valence-electron chi connectivity index (χ2n) is 13.0. The van der Waals surface area contributed by atoms with Crippen LogP contribution in [0, 0.1) is 16.5 Å². The first kappa shape index (κ1) is 37.9. The molecule has 14 heteroatoms. The van der Waals surface area contributed by atoms with Crippen molar-refractivity contribution in [1.82, 2.24) is 4.90 Å². The molecule has 0 aliphatic carbocycles. The maximum absolute atomic E-state index is 14.7. The van der Waals surface area contributed by atoms with E-state index < -0.39 is 41.7 Å². The smallest absolute Gasteiger partial charge is 0.303 e. The first-order valence-electron chi connectivity index (χ1n) is 16.2. The summed E-state index contributed by atoms with van der Waals surface area (Å²) < 4.78 is 28.8. The van der Waals surface area contributed by atoms with Crippen LogP contribution in [0.2, 0.25) is 5.02 Å². The Kier molecular flexibility index (Phi) is 12.9. The number of piperidine rings is 1. The fourth-order valence-electron chi connectivity index (χ4n) is 6.62. The molecule has 4 rings (SSSR count). The Morgan fingerprint density at radius 2 is 1.63 bits per heavy atom. The normalized spacial score (nSPS) is 21.2. The number of nitrogens with one attached hydrogen (secondary N) is 1. The van der Waals surface area contributed by atoms with E-state index in [1.54, 1.807) is 48.2 Å². The highest BCUT2D eigenvalue weighted by Crippen LogP contribution is 2.44. The Morgan fingerprint density at radius 1 is 0.980 bits per heavy atom. The predicted octanol–water partition coefficient (Wildman–Crippen LogP) is 3.85. The van der Waals surface area contributed by atoms with Gasteiger partial charge >= 0.3 is 17.9 Å². The number of carbonyl (C=O) groups is 4. The molecule has 13 nitrogen and oxygen atoms in total. The average molecular weight is 705 g/mol. The van der Waals surface area contributed by atoms with Gasteiger partial charge in [0, 0.05) is 61.3 Å². The molecule has 2 aromatic rings. The van der Waals surface area contributed by atoms with Gasteiger partial charge in [-0.1, -0.05) is 36.7 Å². The number of hydrogen-bond acceptors (Lipinski definition) is 10. The van der Waals surface area contributed by atoms with Gasteiger partial charge in [0.05, 0.1) is 14.2 Å². The molecule has 0 bridgehead atoms. The van der Waals surface area contributed by atoms with Crippen LogP contribution in [-0.4, -0.2) is 80.6 Å². The lowest BCUT2D eigenvalue weighted by atomic mass is 9.80. The van der Waals surface area contributed by atoms with E-state index in [0.29, 0.717) is 59.1 Å². The Balaban J connectivity index is 1.79. The zero-order chi connectivity index (χ0) is 35.9. The molecular weight excluding hydrogens is 660 g/mol. The van der Waals surface area contributed by atoms with Crippen molar-refractivity contribution in [3.8, 4) is 11.5 Å². The van der Waals surface area contributed by atoms with Gasteiger partial charge in [0.1, 0.15) is 31.8 Å². The summed E-state index contributed by atoms with van der Waals surface area (Å²) in [4.78, 5) is 50.4. The molecule has 0 aromatic heterocycles. The second-order valence-corrected chi connectivity index (χ2v) is 13.5. The molecular formula is C35H45ClN2O11. The van der Waals surface area contributed by atoms with Crippen LogP contribution in [0.1, 0.15) is 81.7 Å². The van der Waals surface area contributed by atoms with Crippen molar-refractivity contribution in [3.63, 3.8) is 0 Å². The molecule has 2 N–H and O–H groups in total. The highest BCUT2D eigenvalue weighted by molar-refractivity contribution is 6.30. The van der Waals surface area contributed by atoms with E-state index >= 15 is 0 Å². The molecule has 2 unspecified atom stereocenters. The van der Waals surface area contributed by atoms with Crippen molar-refractivity contribution in [2.75, 3.05) is 40.5 Å². The third kappa shape index (κ3) is 9.62. The number of likely N-dealkylation sites (tertiary alicyclic amines) is 1. The van der Waals surface area contributed by atoms with E-state index in [1.807, 2.05) is 0 Å². The number of carbonyl (C=O) groups excluding carboxylic acids is 3. The monoisotopic (exact) mass is 704 g/mol. The lowest BCUT2D eigenvalue weighted by Gasteiger charge is -2.40. The van der Waals surface area contributed by atoms with Crippen molar-refractivity contribution in [2.24, 2.45) is 11.3 Å². The van der Waals surface area contributed by atoms with E-state index in [4.69, 9.17) is 35.3 Å². The van der Waals surface area contributed by atoms with Gasteiger partial charge in [-0.2, -0.15) is 0 Å². The Bertz CT molecular complexity index is 1490. The number of hydroxylamine groups is 2. The van der Waals surface area contributed by atoms with E-state index in [2.05, 4.69) is 0 Å². The minimum atomic E-state index is -1.23. The van der Waals surface area contributed by atoms with E-state index in [9.17, 15) is 29.5 Å². The summed E-state index contributed by atoms with van der Waals surface area (Å²) in [6.45, 7) is 4.77. The highest BCUT2D eigenvalue weighted by Gasteiger charge is 2.44. The van der Waals surface area contributed by atoms with Gasteiger partial charge in [-0.25, -0.2) is 0 Å². The molecule has 2 aromatic carbocycles. The third-order valence-corrected chi connectivity index (χ3v) is 9.35. The van der Waals surface area contributed by atoms with Gasteiger partial charge in [-0.15, -0.1) is 0 Å². The van der Waals surface area contributed by atoms with E-state index in [0.717, 1.165) is 0 Å². The SMILES string of the molecule is COc1cccc([C@H]2O[C@H](CC(=O)N3CCC(CC(=O)O)CC3)[NH+]([O-])C(CC(C)(COC(C)=O)COC(C)=O)c3ccc(Cl)cc32)c1OC. The topological polar surface area (TPSA) is 165 Å². The summed E-state index contributed by atoms with van der Waals surface area (Å²) in [5.74, 6) is -1.44. The fourth-order valence-corrected chi connectivity index (χ4v) is 6.80. The molecule has 2 aliphatic heterocycles. The quantitative estimate of drug-likeness (QED) is 0.230. The number of fused-ring (bicyclic) bond motifs is 1. The minimum Gasteiger partial charge on any atom is -0.632 e. The summed E-state index contributed by atoms with van der Waals surface area (Å²) >= 11 is 6.56. The van der Waals surface area contributed by atoms with Crippen LogP contribution >= 0.6 is 11.6 Å². The Labute approximate surface area is 290 Å². The zero-order valence-corrected chi connectivity index (χ0v) is 29.2. The maximum Gasteiger partial charge on any atom is 0.303 e. The fraction of sp³-hybridized carbons (Fsp3) is 0.543. The van der Waals surface area contributed by atoms with Crippen LogP contribution < -0.4 is 14.5 Å². The lowest BCUT2D eigenvalue weighted by molar-refractivity contribution is -0.932. The third-order valence-electron chi connectivity index (χ3n) is 9.12. The summed E-state index contributed by atoms with van der Waals surface area (Å²) in [5.41, 5.74) is 0.714. The zero-order valence-electron chi connectivity index (χ0n) is 28.5. The number of methoxy groups -OCH3 is 2. The largest absolute Gasteiger partial charge is 0.632 e. The summed E-state index contributed by atoms with van der Waals surface area (Å²) in [7, 11) is 3.00. The molecule has 2 heterocycles. The van der Waals surface area contributed by atoms with Crippen LogP contribution in [0.15, 0.2) is 36.4 Å². The molecule has 1 saturated heterocycles. The first-order valence-corrected chi connectivity index (χ1v) is 16.6. The number of para-hydroxylation sites is 1. The number of nitrogens with zero attached hydrogens (tertiary/aromatic N) is 1. The molecule has 49 heavy (non-hydrogen) atoms. The van der Waals surface area contributed by atoms with Crippen molar-refractivity contribution >= 4 is 35.4 Å². The molecule has 0 spiro atoms. The van der Waals surface area contributed by atoms with Crippen molar-refractivity contribution in [1.29, 1.82) is 0 Å². The van der Waals surface area contributed by atoms with Gasteiger partial charge < -0.3 is 44.0 Å². The molecule has 0 radical (unpaired) electrons. The van der Waals surface area contributed by atoms with Gasteiger partial charge in [0.25, 0.3) is 0 Å².